The highest BCUT2D eigenvalue weighted by Crippen LogP contribution is 2.45. The predicted molar refractivity (Wildman–Crippen MR) is 104 cm³/mol. The van der Waals surface area contributed by atoms with Gasteiger partial charge in [-0.3, -0.25) is 14.6 Å². The van der Waals surface area contributed by atoms with Gasteiger partial charge in [0.05, 0.1) is 11.3 Å². The number of rotatable bonds is 1. The molecule has 0 radical (unpaired) electrons. The number of piperidine rings is 1. The molecular formula is C22H23N3O. The molecule has 2 aromatic carbocycles. The van der Waals surface area contributed by atoms with E-state index in [1.165, 1.54) is 30.4 Å². The zero-order valence-electron chi connectivity index (χ0n) is 15.1. The molecule has 4 heteroatoms. The minimum atomic E-state index is 0.0693. The summed E-state index contributed by atoms with van der Waals surface area (Å²) in [5, 5.41) is 0. The summed E-state index contributed by atoms with van der Waals surface area (Å²) in [6, 6.07) is 16.6. The van der Waals surface area contributed by atoms with Crippen LogP contribution in [0.4, 0.5) is 5.69 Å². The molecule has 1 atom stereocenters. The highest BCUT2D eigenvalue weighted by Gasteiger charge is 2.41. The van der Waals surface area contributed by atoms with E-state index in [4.69, 9.17) is 0 Å². The Kier molecular flexibility index (Phi) is 3.61. The molecule has 0 saturated carbocycles. The Morgan fingerprint density at radius 3 is 2.50 bits per heavy atom. The van der Waals surface area contributed by atoms with E-state index in [-0.39, 0.29) is 12.1 Å². The number of likely N-dealkylation sites (tertiary alicyclic amines) is 1. The van der Waals surface area contributed by atoms with Gasteiger partial charge >= 0.3 is 0 Å². The van der Waals surface area contributed by atoms with Gasteiger partial charge in [-0.2, -0.15) is 0 Å². The molecule has 1 fully saturated rings. The molecule has 0 N–H and O–H groups in total. The van der Waals surface area contributed by atoms with Crippen molar-refractivity contribution < 1.29 is 4.79 Å². The van der Waals surface area contributed by atoms with Gasteiger partial charge in [-0.1, -0.05) is 42.8 Å². The molecule has 0 bridgehead atoms. The second-order valence-electron chi connectivity index (χ2n) is 7.35. The summed E-state index contributed by atoms with van der Waals surface area (Å²) >= 11 is 0. The number of anilines is 1. The van der Waals surface area contributed by atoms with E-state index in [1.54, 1.807) is 4.90 Å². The first-order valence-electron chi connectivity index (χ1n) is 9.47. The third-order valence-electron chi connectivity index (χ3n) is 5.83. The molecule has 132 valence electrons. The van der Waals surface area contributed by atoms with Crippen molar-refractivity contribution in [3.8, 4) is 0 Å². The van der Waals surface area contributed by atoms with Gasteiger partial charge in [0.2, 0.25) is 0 Å². The Balaban J connectivity index is 1.74. The van der Waals surface area contributed by atoms with Crippen molar-refractivity contribution in [2.75, 3.05) is 25.0 Å². The van der Waals surface area contributed by atoms with E-state index in [1.807, 2.05) is 25.2 Å². The Morgan fingerprint density at radius 1 is 0.923 bits per heavy atom. The normalized spacial score (nSPS) is 22.4. The summed E-state index contributed by atoms with van der Waals surface area (Å²) in [6.07, 6.45) is 6.08. The summed E-state index contributed by atoms with van der Waals surface area (Å²) in [6.45, 7) is 2.20. The molecule has 1 unspecified atom stereocenters. The predicted octanol–water partition coefficient (Wildman–Crippen LogP) is 4.08. The average molecular weight is 345 g/mol. The van der Waals surface area contributed by atoms with Crippen LogP contribution in [0, 0.1) is 0 Å². The Hall–Kier alpha value is -2.59. The van der Waals surface area contributed by atoms with Gasteiger partial charge < -0.3 is 4.90 Å². The lowest BCUT2D eigenvalue weighted by Crippen LogP contribution is -2.51. The van der Waals surface area contributed by atoms with Crippen LogP contribution in [0.15, 0.2) is 54.4 Å². The van der Waals surface area contributed by atoms with Crippen LogP contribution in [0.1, 0.15) is 46.9 Å². The fourth-order valence-electron chi connectivity index (χ4n) is 4.54. The zero-order chi connectivity index (χ0) is 17.7. The second kappa shape index (κ2) is 5.99. The number of fused-ring (bicyclic) bond motifs is 4. The first-order valence-corrected chi connectivity index (χ1v) is 9.47. The van der Waals surface area contributed by atoms with Gasteiger partial charge in [0.25, 0.3) is 5.91 Å². The van der Waals surface area contributed by atoms with Crippen molar-refractivity contribution in [2.24, 2.45) is 0 Å². The molecule has 1 amide bonds. The van der Waals surface area contributed by atoms with Crippen molar-refractivity contribution >= 4 is 17.7 Å². The molecule has 26 heavy (non-hydrogen) atoms. The lowest BCUT2D eigenvalue weighted by molar-refractivity contribution is 0.0805. The first kappa shape index (κ1) is 15.6. The SMILES string of the molecule is CN1C(=O)c2ccccc2N2C1=Cc1ccccc1C2N1CCCCC1. The van der Waals surface area contributed by atoms with Crippen LogP contribution in [-0.2, 0) is 0 Å². The minimum Gasteiger partial charge on any atom is -0.306 e. The molecule has 0 spiro atoms. The standard InChI is InChI=1S/C22H23N3O/c1-23-20-15-16-9-3-4-10-17(16)21(24-13-7-2-8-14-24)25(20)19-12-6-5-11-18(19)22(23)26/h3-6,9-12,15,21H,2,7-8,13-14H2,1H3. The number of nitrogens with zero attached hydrogens (tertiary/aromatic N) is 3. The smallest absolute Gasteiger partial charge is 0.261 e. The number of amides is 1. The summed E-state index contributed by atoms with van der Waals surface area (Å²) < 4.78 is 0. The topological polar surface area (TPSA) is 26.8 Å². The van der Waals surface area contributed by atoms with E-state index in [0.717, 1.165) is 30.2 Å². The first-order chi connectivity index (χ1) is 12.8. The molecular weight excluding hydrogens is 322 g/mol. The van der Waals surface area contributed by atoms with Gasteiger partial charge in [-0.15, -0.1) is 0 Å². The van der Waals surface area contributed by atoms with Crippen molar-refractivity contribution in [1.82, 2.24) is 9.80 Å². The van der Waals surface area contributed by atoms with Crippen molar-refractivity contribution in [1.29, 1.82) is 0 Å². The average Bonchev–Trinajstić information content (AvgIpc) is 2.71. The minimum absolute atomic E-state index is 0.0693. The number of carbonyl (C=O) groups is 1. The molecule has 3 heterocycles. The third kappa shape index (κ3) is 2.22. The monoisotopic (exact) mass is 345 g/mol. The molecule has 0 aromatic heterocycles. The van der Waals surface area contributed by atoms with Gasteiger partial charge in [0, 0.05) is 20.1 Å². The number of benzene rings is 2. The Bertz CT molecular complexity index is 898. The van der Waals surface area contributed by atoms with Gasteiger partial charge in [0.15, 0.2) is 0 Å². The van der Waals surface area contributed by atoms with E-state index in [0.29, 0.717) is 0 Å². The maximum Gasteiger partial charge on any atom is 0.261 e. The van der Waals surface area contributed by atoms with E-state index >= 15 is 0 Å². The van der Waals surface area contributed by atoms with Crippen LogP contribution in [0.3, 0.4) is 0 Å². The molecule has 4 nitrogen and oxygen atoms in total. The quantitative estimate of drug-likeness (QED) is 0.779. The zero-order valence-corrected chi connectivity index (χ0v) is 15.1. The third-order valence-corrected chi connectivity index (χ3v) is 5.83. The van der Waals surface area contributed by atoms with Gasteiger partial charge in [0.1, 0.15) is 12.0 Å². The van der Waals surface area contributed by atoms with Crippen LogP contribution in [0.25, 0.3) is 6.08 Å². The summed E-state index contributed by atoms with van der Waals surface area (Å²) in [5.41, 5.74) is 4.35. The molecule has 1 saturated heterocycles. The highest BCUT2D eigenvalue weighted by molar-refractivity contribution is 6.04. The van der Waals surface area contributed by atoms with Crippen LogP contribution < -0.4 is 4.90 Å². The lowest BCUT2D eigenvalue weighted by atomic mass is 9.94. The summed E-state index contributed by atoms with van der Waals surface area (Å²) in [4.78, 5) is 19.7. The van der Waals surface area contributed by atoms with E-state index < -0.39 is 0 Å². The summed E-state index contributed by atoms with van der Waals surface area (Å²) in [5.74, 6) is 1.04. The van der Waals surface area contributed by atoms with Gasteiger partial charge in [-0.05, 0) is 42.2 Å². The van der Waals surface area contributed by atoms with E-state index in [9.17, 15) is 4.79 Å². The lowest BCUT2D eigenvalue weighted by Gasteiger charge is -2.50. The Morgan fingerprint density at radius 2 is 1.65 bits per heavy atom. The van der Waals surface area contributed by atoms with Crippen LogP contribution >= 0.6 is 0 Å². The number of para-hydroxylation sites is 1. The van der Waals surface area contributed by atoms with Crippen molar-refractivity contribution in [2.45, 2.75) is 25.4 Å². The van der Waals surface area contributed by atoms with Crippen LogP contribution in [0.5, 0.6) is 0 Å². The highest BCUT2D eigenvalue weighted by atomic mass is 16.2. The van der Waals surface area contributed by atoms with Crippen LogP contribution in [0.2, 0.25) is 0 Å². The van der Waals surface area contributed by atoms with Gasteiger partial charge in [-0.25, -0.2) is 0 Å². The molecule has 5 rings (SSSR count). The Labute approximate surface area is 154 Å². The number of carbonyl (C=O) groups excluding carboxylic acids is 1. The molecule has 3 aliphatic rings. The van der Waals surface area contributed by atoms with Crippen LogP contribution in [-0.4, -0.2) is 35.8 Å². The molecule has 0 aliphatic carbocycles. The number of hydrogen-bond acceptors (Lipinski definition) is 3. The maximum atomic E-state index is 12.9. The van der Waals surface area contributed by atoms with Crippen molar-refractivity contribution in [3.63, 3.8) is 0 Å². The molecule has 3 aliphatic heterocycles. The van der Waals surface area contributed by atoms with E-state index in [2.05, 4.69) is 46.2 Å². The maximum absolute atomic E-state index is 12.9. The fourth-order valence-corrected chi connectivity index (χ4v) is 4.54. The molecule has 2 aromatic rings. The fraction of sp³-hybridized carbons (Fsp3) is 0.318. The largest absolute Gasteiger partial charge is 0.306 e. The summed E-state index contributed by atoms with van der Waals surface area (Å²) in [7, 11) is 1.89. The van der Waals surface area contributed by atoms with Crippen molar-refractivity contribution in [3.05, 3.63) is 71.0 Å². The second-order valence-corrected chi connectivity index (χ2v) is 7.35. The number of hydrogen-bond donors (Lipinski definition) is 0.